The van der Waals surface area contributed by atoms with E-state index < -0.39 is 0 Å². The van der Waals surface area contributed by atoms with Gasteiger partial charge >= 0.3 is 0 Å². The molecule has 1 aromatic carbocycles. The third-order valence-corrected chi connectivity index (χ3v) is 3.27. The summed E-state index contributed by atoms with van der Waals surface area (Å²) in [5.74, 6) is 0.973. The van der Waals surface area contributed by atoms with Crippen LogP contribution in [0.4, 0.5) is 5.69 Å². The molecule has 0 bridgehead atoms. The number of rotatable bonds is 6. The lowest BCUT2D eigenvalue weighted by Crippen LogP contribution is -2.22. The summed E-state index contributed by atoms with van der Waals surface area (Å²) in [7, 11) is 1.91. The Balaban J connectivity index is 0.00000289. The Labute approximate surface area is 120 Å². The highest BCUT2D eigenvalue weighted by Gasteiger charge is 2.12. The summed E-state index contributed by atoms with van der Waals surface area (Å²) in [5, 5.41) is 6.04. The number of hydrogen-bond acceptors (Lipinski definition) is 3. The number of nitrogens with one attached hydrogen (secondary N) is 2. The molecule has 1 amide bonds. The zero-order valence-electron chi connectivity index (χ0n) is 11.0. The Hall–Kier alpha value is -0.710. The lowest BCUT2D eigenvalue weighted by molar-refractivity contribution is -0.118. The van der Waals surface area contributed by atoms with E-state index in [1.165, 1.54) is 5.56 Å². The number of anilines is 1. The largest absolute Gasteiger partial charge is 0.326 e. The van der Waals surface area contributed by atoms with Crippen molar-refractivity contribution in [3.8, 4) is 0 Å². The van der Waals surface area contributed by atoms with Gasteiger partial charge in [-0.2, -0.15) is 11.8 Å². The van der Waals surface area contributed by atoms with Crippen LogP contribution in [0.2, 0.25) is 0 Å². The molecule has 18 heavy (non-hydrogen) atoms. The van der Waals surface area contributed by atoms with Gasteiger partial charge in [-0.3, -0.25) is 4.79 Å². The van der Waals surface area contributed by atoms with Gasteiger partial charge in [0.15, 0.2) is 0 Å². The zero-order valence-corrected chi connectivity index (χ0v) is 12.7. The minimum absolute atomic E-state index is 0. The van der Waals surface area contributed by atoms with E-state index in [0.29, 0.717) is 0 Å². The average molecular weight is 289 g/mol. The van der Waals surface area contributed by atoms with E-state index in [-0.39, 0.29) is 24.2 Å². The fourth-order valence-corrected chi connectivity index (χ4v) is 2.21. The Morgan fingerprint density at radius 2 is 2.17 bits per heavy atom. The van der Waals surface area contributed by atoms with Crippen LogP contribution < -0.4 is 10.6 Å². The molecule has 0 aliphatic carbocycles. The van der Waals surface area contributed by atoms with Gasteiger partial charge in [0.1, 0.15) is 0 Å². The highest BCUT2D eigenvalue weighted by Crippen LogP contribution is 2.13. The molecular weight excluding hydrogens is 268 g/mol. The predicted molar refractivity (Wildman–Crippen MR) is 82.6 cm³/mol. The molecule has 0 aliphatic heterocycles. The minimum atomic E-state index is 0. The van der Waals surface area contributed by atoms with E-state index in [0.717, 1.165) is 18.0 Å². The number of amides is 1. The fourth-order valence-electron chi connectivity index (χ4n) is 1.55. The van der Waals surface area contributed by atoms with Crippen molar-refractivity contribution in [3.05, 3.63) is 29.8 Å². The van der Waals surface area contributed by atoms with Crippen molar-refractivity contribution in [2.45, 2.75) is 13.5 Å². The van der Waals surface area contributed by atoms with Crippen LogP contribution in [-0.2, 0) is 11.3 Å². The third kappa shape index (κ3) is 5.76. The van der Waals surface area contributed by atoms with E-state index in [4.69, 9.17) is 0 Å². The van der Waals surface area contributed by atoms with E-state index in [2.05, 4.69) is 10.6 Å². The second-order valence-corrected chi connectivity index (χ2v) is 4.99. The SMILES string of the molecule is CNCc1cccc(NC(=O)C(C)CSC)c1.Cl. The standard InChI is InChI=1S/C13H20N2OS.ClH/c1-10(9-17-3)13(16)15-12-6-4-5-11(7-12)8-14-2;/h4-7,10,14H,8-9H2,1-3H3,(H,15,16);1H. The van der Waals surface area contributed by atoms with Crippen LogP contribution in [0.15, 0.2) is 24.3 Å². The molecule has 0 spiro atoms. The Bertz CT molecular complexity index is 374. The molecule has 2 N–H and O–H groups in total. The summed E-state index contributed by atoms with van der Waals surface area (Å²) in [6.45, 7) is 2.76. The van der Waals surface area contributed by atoms with Crippen LogP contribution in [-0.4, -0.2) is 25.0 Å². The number of halogens is 1. The summed E-state index contributed by atoms with van der Waals surface area (Å²) in [5.41, 5.74) is 2.04. The molecule has 3 nitrogen and oxygen atoms in total. The second kappa shape index (κ2) is 9.25. The summed E-state index contributed by atoms with van der Waals surface area (Å²) < 4.78 is 0. The number of benzene rings is 1. The summed E-state index contributed by atoms with van der Waals surface area (Å²) in [4.78, 5) is 11.8. The number of thioether (sulfide) groups is 1. The Morgan fingerprint density at radius 3 is 2.78 bits per heavy atom. The van der Waals surface area contributed by atoms with Crippen molar-refractivity contribution >= 4 is 35.8 Å². The maximum absolute atomic E-state index is 11.8. The minimum Gasteiger partial charge on any atom is -0.326 e. The van der Waals surface area contributed by atoms with Crippen molar-refractivity contribution in [3.63, 3.8) is 0 Å². The molecule has 5 heteroatoms. The van der Waals surface area contributed by atoms with Gasteiger partial charge < -0.3 is 10.6 Å². The second-order valence-electron chi connectivity index (χ2n) is 4.08. The molecule has 0 aromatic heterocycles. The molecule has 0 aliphatic rings. The van der Waals surface area contributed by atoms with Crippen molar-refractivity contribution in [2.75, 3.05) is 24.4 Å². The monoisotopic (exact) mass is 288 g/mol. The Kier molecular flexibility index (Phi) is 8.89. The maximum atomic E-state index is 11.8. The molecule has 102 valence electrons. The first-order valence-electron chi connectivity index (χ1n) is 5.70. The van der Waals surface area contributed by atoms with Crippen molar-refractivity contribution in [1.82, 2.24) is 5.32 Å². The van der Waals surface area contributed by atoms with Crippen LogP contribution in [0.5, 0.6) is 0 Å². The summed E-state index contributed by atoms with van der Waals surface area (Å²) >= 11 is 1.69. The van der Waals surface area contributed by atoms with Crippen LogP contribution in [0.1, 0.15) is 12.5 Å². The van der Waals surface area contributed by atoms with Gasteiger partial charge in [0.25, 0.3) is 0 Å². The van der Waals surface area contributed by atoms with E-state index in [9.17, 15) is 4.79 Å². The van der Waals surface area contributed by atoms with E-state index in [1.807, 2.05) is 44.5 Å². The first-order chi connectivity index (χ1) is 8.17. The smallest absolute Gasteiger partial charge is 0.228 e. The van der Waals surface area contributed by atoms with Gasteiger partial charge in [0.2, 0.25) is 5.91 Å². The molecule has 0 radical (unpaired) electrons. The maximum Gasteiger partial charge on any atom is 0.228 e. The zero-order chi connectivity index (χ0) is 12.7. The van der Waals surface area contributed by atoms with Crippen molar-refractivity contribution in [1.29, 1.82) is 0 Å². The molecule has 1 unspecified atom stereocenters. The molecule has 0 saturated heterocycles. The lowest BCUT2D eigenvalue weighted by Gasteiger charge is -2.11. The molecule has 1 aromatic rings. The molecule has 0 saturated carbocycles. The van der Waals surface area contributed by atoms with Gasteiger partial charge in [-0.15, -0.1) is 12.4 Å². The number of carbonyl (C=O) groups is 1. The van der Waals surface area contributed by atoms with Crippen LogP contribution in [0.3, 0.4) is 0 Å². The molecular formula is C13H21ClN2OS. The van der Waals surface area contributed by atoms with Gasteiger partial charge in [0, 0.05) is 23.9 Å². The lowest BCUT2D eigenvalue weighted by atomic mass is 10.1. The van der Waals surface area contributed by atoms with Gasteiger partial charge in [-0.1, -0.05) is 19.1 Å². The Morgan fingerprint density at radius 1 is 1.44 bits per heavy atom. The highest BCUT2D eigenvalue weighted by molar-refractivity contribution is 7.98. The predicted octanol–water partition coefficient (Wildman–Crippen LogP) is 2.77. The van der Waals surface area contributed by atoms with Crippen LogP contribution >= 0.6 is 24.2 Å². The quantitative estimate of drug-likeness (QED) is 0.846. The summed E-state index contributed by atoms with van der Waals surface area (Å²) in [6, 6.07) is 7.92. The van der Waals surface area contributed by atoms with Crippen LogP contribution in [0.25, 0.3) is 0 Å². The molecule has 1 atom stereocenters. The molecule has 1 rings (SSSR count). The number of hydrogen-bond donors (Lipinski definition) is 2. The van der Waals surface area contributed by atoms with Crippen molar-refractivity contribution < 1.29 is 4.79 Å². The molecule has 0 fully saturated rings. The first kappa shape index (κ1) is 17.3. The topological polar surface area (TPSA) is 41.1 Å². The van der Waals surface area contributed by atoms with Gasteiger partial charge in [-0.25, -0.2) is 0 Å². The van der Waals surface area contributed by atoms with Gasteiger partial charge in [-0.05, 0) is 31.0 Å². The van der Waals surface area contributed by atoms with Crippen LogP contribution in [0, 0.1) is 5.92 Å². The first-order valence-corrected chi connectivity index (χ1v) is 7.10. The molecule has 0 heterocycles. The fraction of sp³-hybridized carbons (Fsp3) is 0.462. The van der Waals surface area contributed by atoms with E-state index >= 15 is 0 Å². The van der Waals surface area contributed by atoms with Gasteiger partial charge in [0.05, 0.1) is 0 Å². The number of carbonyl (C=O) groups excluding carboxylic acids is 1. The average Bonchev–Trinajstić information content (AvgIpc) is 2.30. The normalized spacial score (nSPS) is 11.5. The van der Waals surface area contributed by atoms with E-state index in [1.54, 1.807) is 11.8 Å². The highest BCUT2D eigenvalue weighted by atomic mass is 35.5. The third-order valence-electron chi connectivity index (χ3n) is 2.44. The summed E-state index contributed by atoms with van der Waals surface area (Å²) in [6.07, 6.45) is 2.01. The van der Waals surface area contributed by atoms with Crippen molar-refractivity contribution in [2.24, 2.45) is 5.92 Å².